The third kappa shape index (κ3) is 2.54. The number of ether oxygens (including phenoxy) is 2. The molecule has 0 aromatic carbocycles. The van der Waals surface area contributed by atoms with Crippen molar-refractivity contribution in [2.75, 3.05) is 0 Å². The zero-order valence-electron chi connectivity index (χ0n) is 15.6. The summed E-state index contributed by atoms with van der Waals surface area (Å²) in [7, 11) is 0. The summed E-state index contributed by atoms with van der Waals surface area (Å²) >= 11 is 0. The lowest BCUT2D eigenvalue weighted by Crippen LogP contribution is -2.54. The highest BCUT2D eigenvalue weighted by atomic mass is 16.5. The first kappa shape index (κ1) is 17.4. The standard InChI is InChI=1S/C21H32O4/c1-20-9-7-15(24-12-22)11-14(20)3-4-16-17-5-6-19(25-13-23)21(17,2)10-8-18(16)20/h12-19H,3-11H2,1-2H3/t14-,15+,16-,17-,18-,19-,20-,21-/m0/s1. The maximum Gasteiger partial charge on any atom is 0.293 e. The van der Waals surface area contributed by atoms with Crippen molar-refractivity contribution in [2.24, 2.45) is 34.5 Å². The quantitative estimate of drug-likeness (QED) is 0.717. The van der Waals surface area contributed by atoms with Gasteiger partial charge in [-0.25, -0.2) is 0 Å². The van der Waals surface area contributed by atoms with Crippen molar-refractivity contribution in [3.63, 3.8) is 0 Å². The van der Waals surface area contributed by atoms with Crippen LogP contribution in [0.5, 0.6) is 0 Å². The Morgan fingerprint density at radius 1 is 0.800 bits per heavy atom. The van der Waals surface area contributed by atoms with E-state index in [1.807, 2.05) is 0 Å². The van der Waals surface area contributed by atoms with Gasteiger partial charge in [0.1, 0.15) is 12.2 Å². The lowest BCUT2D eigenvalue weighted by atomic mass is 9.45. The Kier molecular flexibility index (Phi) is 4.36. The molecule has 0 saturated heterocycles. The summed E-state index contributed by atoms with van der Waals surface area (Å²) in [5, 5.41) is 0. The summed E-state index contributed by atoms with van der Waals surface area (Å²) in [6, 6.07) is 0. The zero-order chi connectivity index (χ0) is 17.7. The minimum Gasteiger partial charge on any atom is -0.465 e. The molecule has 0 amide bonds. The van der Waals surface area contributed by atoms with E-state index in [9.17, 15) is 9.59 Å². The Morgan fingerprint density at radius 2 is 1.52 bits per heavy atom. The van der Waals surface area contributed by atoms with E-state index in [0.29, 0.717) is 30.2 Å². The molecule has 0 heterocycles. The molecule has 0 aromatic heterocycles. The van der Waals surface area contributed by atoms with E-state index < -0.39 is 0 Å². The van der Waals surface area contributed by atoms with Crippen LogP contribution in [0.2, 0.25) is 0 Å². The summed E-state index contributed by atoms with van der Waals surface area (Å²) in [5.74, 6) is 2.97. The number of rotatable bonds is 4. The van der Waals surface area contributed by atoms with E-state index in [4.69, 9.17) is 9.47 Å². The van der Waals surface area contributed by atoms with Crippen molar-refractivity contribution >= 4 is 12.9 Å². The van der Waals surface area contributed by atoms with Crippen LogP contribution in [0.25, 0.3) is 0 Å². The van der Waals surface area contributed by atoms with Crippen molar-refractivity contribution in [2.45, 2.75) is 83.8 Å². The number of carbonyl (C=O) groups is 2. The summed E-state index contributed by atoms with van der Waals surface area (Å²) in [6.07, 6.45) is 10.8. The third-order valence-electron chi connectivity index (χ3n) is 9.00. The first-order valence-electron chi connectivity index (χ1n) is 10.2. The molecule has 4 saturated carbocycles. The zero-order valence-corrected chi connectivity index (χ0v) is 15.6. The average Bonchev–Trinajstić information content (AvgIpc) is 2.93. The first-order valence-corrected chi connectivity index (χ1v) is 10.2. The minimum absolute atomic E-state index is 0.123. The minimum atomic E-state index is 0.123. The summed E-state index contributed by atoms with van der Waals surface area (Å²) in [6.45, 7) is 6.19. The lowest BCUT2D eigenvalue weighted by Gasteiger charge is -2.60. The van der Waals surface area contributed by atoms with Gasteiger partial charge in [-0.2, -0.15) is 0 Å². The average molecular weight is 348 g/mol. The summed E-state index contributed by atoms with van der Waals surface area (Å²) in [5.41, 5.74) is 0.583. The van der Waals surface area contributed by atoms with E-state index in [-0.39, 0.29) is 17.6 Å². The highest BCUT2D eigenvalue weighted by Gasteiger charge is 2.60. The molecule has 4 aliphatic rings. The van der Waals surface area contributed by atoms with Gasteiger partial charge in [0.05, 0.1) is 0 Å². The van der Waals surface area contributed by atoms with Gasteiger partial charge in [0, 0.05) is 5.41 Å². The molecule has 0 aromatic rings. The fourth-order valence-electron chi connectivity index (χ4n) is 7.66. The molecule has 4 rings (SSSR count). The lowest BCUT2D eigenvalue weighted by molar-refractivity contribution is -0.158. The van der Waals surface area contributed by atoms with Gasteiger partial charge < -0.3 is 9.47 Å². The van der Waals surface area contributed by atoms with Crippen LogP contribution in [0, 0.1) is 34.5 Å². The van der Waals surface area contributed by atoms with Crippen molar-refractivity contribution in [1.82, 2.24) is 0 Å². The van der Waals surface area contributed by atoms with Crippen LogP contribution in [0.15, 0.2) is 0 Å². The predicted molar refractivity (Wildman–Crippen MR) is 93.6 cm³/mol. The molecule has 0 radical (unpaired) electrons. The van der Waals surface area contributed by atoms with Crippen LogP contribution in [0.3, 0.4) is 0 Å². The van der Waals surface area contributed by atoms with Crippen LogP contribution >= 0.6 is 0 Å². The largest absolute Gasteiger partial charge is 0.465 e. The Morgan fingerprint density at radius 3 is 2.28 bits per heavy atom. The van der Waals surface area contributed by atoms with Crippen molar-refractivity contribution < 1.29 is 19.1 Å². The number of fused-ring (bicyclic) bond motifs is 5. The molecule has 4 heteroatoms. The fraction of sp³-hybridized carbons (Fsp3) is 0.905. The van der Waals surface area contributed by atoms with Gasteiger partial charge in [-0.1, -0.05) is 13.8 Å². The highest BCUT2D eigenvalue weighted by molar-refractivity contribution is 5.38. The van der Waals surface area contributed by atoms with Gasteiger partial charge in [-0.05, 0) is 86.9 Å². The molecule has 4 fully saturated rings. The Balaban J connectivity index is 1.54. The SMILES string of the molecule is C[C@]12CC[C@@H](OC=O)C[C@@H]1CC[C@@H]1[C@@H]2CC[C@]2(C)[C@@H](OC=O)CC[C@@H]12. The molecule has 4 nitrogen and oxygen atoms in total. The van der Waals surface area contributed by atoms with Crippen LogP contribution in [0.4, 0.5) is 0 Å². The number of hydrogen-bond donors (Lipinski definition) is 0. The Labute approximate surface area is 151 Å². The van der Waals surface area contributed by atoms with Crippen molar-refractivity contribution in [1.29, 1.82) is 0 Å². The second kappa shape index (κ2) is 6.28. The van der Waals surface area contributed by atoms with E-state index in [1.54, 1.807) is 0 Å². The molecule has 4 aliphatic carbocycles. The molecule has 0 bridgehead atoms. The van der Waals surface area contributed by atoms with Gasteiger partial charge in [-0.3, -0.25) is 9.59 Å². The van der Waals surface area contributed by atoms with Gasteiger partial charge in [0.2, 0.25) is 0 Å². The topological polar surface area (TPSA) is 52.6 Å². The van der Waals surface area contributed by atoms with Crippen LogP contribution in [0.1, 0.15) is 71.6 Å². The van der Waals surface area contributed by atoms with Crippen LogP contribution < -0.4 is 0 Å². The molecule has 0 aliphatic heterocycles. The monoisotopic (exact) mass is 348 g/mol. The predicted octanol–water partition coefficient (Wildman–Crippen LogP) is 4.11. The Hall–Kier alpha value is -1.06. The molecule has 140 valence electrons. The molecular formula is C21H32O4. The summed E-state index contributed by atoms with van der Waals surface area (Å²) < 4.78 is 10.8. The molecule has 8 atom stereocenters. The fourth-order valence-corrected chi connectivity index (χ4v) is 7.66. The first-order chi connectivity index (χ1) is 12.0. The smallest absolute Gasteiger partial charge is 0.293 e. The Bertz CT molecular complexity index is 534. The maximum atomic E-state index is 10.9. The van der Waals surface area contributed by atoms with E-state index in [2.05, 4.69) is 13.8 Å². The highest BCUT2D eigenvalue weighted by Crippen LogP contribution is 2.66. The second-order valence-electron chi connectivity index (χ2n) is 9.63. The number of carbonyl (C=O) groups excluding carboxylic acids is 2. The molecular weight excluding hydrogens is 316 g/mol. The van der Waals surface area contributed by atoms with Gasteiger partial charge in [0.25, 0.3) is 12.9 Å². The van der Waals surface area contributed by atoms with Crippen LogP contribution in [-0.4, -0.2) is 25.2 Å². The molecule has 25 heavy (non-hydrogen) atoms. The van der Waals surface area contributed by atoms with Gasteiger partial charge in [-0.15, -0.1) is 0 Å². The number of hydrogen-bond acceptors (Lipinski definition) is 4. The maximum absolute atomic E-state index is 10.9. The second-order valence-corrected chi connectivity index (χ2v) is 9.63. The van der Waals surface area contributed by atoms with E-state index in [1.165, 1.54) is 38.5 Å². The van der Waals surface area contributed by atoms with Crippen molar-refractivity contribution in [3.8, 4) is 0 Å². The van der Waals surface area contributed by atoms with Crippen LogP contribution in [-0.2, 0) is 19.1 Å². The molecule has 0 N–H and O–H groups in total. The molecule has 0 spiro atoms. The summed E-state index contributed by atoms with van der Waals surface area (Å²) in [4.78, 5) is 21.7. The van der Waals surface area contributed by atoms with E-state index >= 15 is 0 Å². The van der Waals surface area contributed by atoms with Crippen molar-refractivity contribution in [3.05, 3.63) is 0 Å². The van der Waals surface area contributed by atoms with Gasteiger partial charge in [0.15, 0.2) is 0 Å². The van der Waals surface area contributed by atoms with E-state index in [0.717, 1.165) is 31.1 Å². The van der Waals surface area contributed by atoms with Gasteiger partial charge >= 0.3 is 0 Å². The third-order valence-corrected chi connectivity index (χ3v) is 9.00. The normalized spacial score (nSPS) is 51.6. The molecule has 0 unspecified atom stereocenters.